The fourth-order valence-corrected chi connectivity index (χ4v) is 7.59. The zero-order valence-corrected chi connectivity index (χ0v) is 16.4. The highest BCUT2D eigenvalue weighted by molar-refractivity contribution is 5.90. The van der Waals surface area contributed by atoms with Crippen molar-refractivity contribution in [1.82, 2.24) is 0 Å². The third-order valence-corrected chi connectivity index (χ3v) is 8.89. The van der Waals surface area contributed by atoms with Crippen LogP contribution in [0.2, 0.25) is 0 Å². The third kappa shape index (κ3) is 2.07. The molecule has 0 N–H and O–H groups in total. The lowest BCUT2D eigenvalue weighted by Crippen LogP contribution is -2.52. The minimum Gasteiger partial charge on any atom is -0.366 e. The van der Waals surface area contributed by atoms with Gasteiger partial charge in [0, 0.05) is 24.7 Å². The standard InChI is InChI=1S/C23H30O4/c1-21-8-4-17-16-5-9-22(25-12-13-26-22)14-15(16)2-3-18(17)19(21)6-10-23(21)20(24)7-11-27-23/h4,18-19H,2-3,5-14H2,1H3/t18?,19?,21-,23+/m0/s1. The van der Waals surface area contributed by atoms with Gasteiger partial charge in [-0.3, -0.25) is 4.79 Å². The zero-order valence-electron chi connectivity index (χ0n) is 16.4. The predicted octanol–water partition coefficient (Wildman–Crippen LogP) is 4.09. The van der Waals surface area contributed by atoms with Gasteiger partial charge in [0.1, 0.15) is 5.60 Å². The number of Topliss-reactive ketones (excluding diaryl/α,β-unsaturated/α-hetero) is 1. The van der Waals surface area contributed by atoms with E-state index in [4.69, 9.17) is 14.2 Å². The Morgan fingerprint density at radius 2 is 1.85 bits per heavy atom. The number of rotatable bonds is 0. The molecule has 4 aliphatic carbocycles. The summed E-state index contributed by atoms with van der Waals surface area (Å²) in [5.41, 5.74) is 4.29. The number of ketones is 1. The Morgan fingerprint density at radius 3 is 2.63 bits per heavy atom. The van der Waals surface area contributed by atoms with E-state index in [0.717, 1.165) is 51.7 Å². The summed E-state index contributed by atoms with van der Waals surface area (Å²) in [7, 11) is 0. The van der Waals surface area contributed by atoms with Crippen molar-refractivity contribution in [2.24, 2.45) is 17.3 Å². The molecule has 2 heterocycles. The van der Waals surface area contributed by atoms with Gasteiger partial charge in [0.25, 0.3) is 0 Å². The van der Waals surface area contributed by atoms with Crippen LogP contribution in [0.5, 0.6) is 0 Å². The Labute approximate surface area is 161 Å². The summed E-state index contributed by atoms with van der Waals surface area (Å²) < 4.78 is 18.2. The Morgan fingerprint density at radius 1 is 1.00 bits per heavy atom. The van der Waals surface area contributed by atoms with Gasteiger partial charge in [-0.25, -0.2) is 0 Å². The van der Waals surface area contributed by atoms with E-state index >= 15 is 0 Å². The summed E-state index contributed by atoms with van der Waals surface area (Å²) in [5.74, 6) is 1.24. The molecule has 146 valence electrons. The van der Waals surface area contributed by atoms with E-state index in [1.807, 2.05) is 0 Å². The summed E-state index contributed by atoms with van der Waals surface area (Å²) in [5, 5.41) is 0. The molecule has 6 rings (SSSR count). The molecule has 0 aromatic rings. The second kappa shape index (κ2) is 5.55. The number of hydrogen-bond donors (Lipinski definition) is 0. The fraction of sp³-hybridized carbons (Fsp3) is 0.783. The molecule has 2 unspecified atom stereocenters. The highest BCUT2D eigenvalue weighted by Gasteiger charge is 2.66. The molecule has 0 aromatic carbocycles. The lowest BCUT2D eigenvalue weighted by atomic mass is 9.55. The van der Waals surface area contributed by atoms with Gasteiger partial charge in [-0.2, -0.15) is 0 Å². The normalized spacial score (nSPS) is 45.2. The molecule has 2 saturated heterocycles. The van der Waals surface area contributed by atoms with Crippen molar-refractivity contribution in [3.63, 3.8) is 0 Å². The van der Waals surface area contributed by atoms with Crippen molar-refractivity contribution in [2.75, 3.05) is 19.8 Å². The van der Waals surface area contributed by atoms with Gasteiger partial charge in [0.15, 0.2) is 11.6 Å². The molecule has 2 aliphatic heterocycles. The molecule has 0 amide bonds. The number of ether oxygens (including phenoxy) is 3. The molecule has 4 atom stereocenters. The molecule has 0 aromatic heterocycles. The van der Waals surface area contributed by atoms with Gasteiger partial charge >= 0.3 is 0 Å². The van der Waals surface area contributed by atoms with E-state index in [1.165, 1.54) is 12.8 Å². The summed E-state index contributed by atoms with van der Waals surface area (Å²) >= 11 is 0. The Hall–Kier alpha value is -0.970. The molecule has 1 saturated carbocycles. The van der Waals surface area contributed by atoms with Crippen molar-refractivity contribution in [1.29, 1.82) is 0 Å². The molecule has 27 heavy (non-hydrogen) atoms. The van der Waals surface area contributed by atoms with Crippen molar-refractivity contribution < 1.29 is 19.0 Å². The monoisotopic (exact) mass is 370 g/mol. The van der Waals surface area contributed by atoms with Crippen LogP contribution in [0.15, 0.2) is 22.8 Å². The molecule has 0 bridgehead atoms. The molecule has 0 radical (unpaired) electrons. The first kappa shape index (κ1) is 16.9. The van der Waals surface area contributed by atoms with Crippen molar-refractivity contribution in [3.05, 3.63) is 22.8 Å². The number of carbonyl (C=O) groups is 1. The summed E-state index contributed by atoms with van der Waals surface area (Å²) in [6, 6.07) is 0. The van der Waals surface area contributed by atoms with E-state index in [0.29, 0.717) is 30.6 Å². The maximum absolute atomic E-state index is 12.8. The van der Waals surface area contributed by atoms with Gasteiger partial charge < -0.3 is 14.2 Å². The minimum absolute atomic E-state index is 0.0135. The number of fused-ring (bicyclic) bond motifs is 5. The smallest absolute Gasteiger partial charge is 0.172 e. The van der Waals surface area contributed by atoms with Crippen molar-refractivity contribution in [3.8, 4) is 0 Å². The Kier molecular flexibility index (Phi) is 3.48. The Balaban J connectivity index is 1.35. The lowest BCUT2D eigenvalue weighted by molar-refractivity contribution is -0.164. The SMILES string of the molecule is C[C@]12CC=C3C4=C(CCC3C1CC[C@]21OCCC1=O)CC1(CC4)OCCO1. The molecule has 4 heteroatoms. The molecular weight excluding hydrogens is 340 g/mol. The second-order valence-corrected chi connectivity index (χ2v) is 9.79. The number of carbonyl (C=O) groups excluding carboxylic acids is 1. The lowest BCUT2D eigenvalue weighted by Gasteiger charge is -2.50. The van der Waals surface area contributed by atoms with E-state index < -0.39 is 5.60 Å². The average molecular weight is 370 g/mol. The fourth-order valence-electron chi connectivity index (χ4n) is 7.59. The van der Waals surface area contributed by atoms with E-state index in [-0.39, 0.29) is 11.2 Å². The first-order valence-electron chi connectivity index (χ1n) is 10.9. The van der Waals surface area contributed by atoms with Crippen LogP contribution in [-0.4, -0.2) is 37.0 Å². The quantitative estimate of drug-likeness (QED) is 0.644. The average Bonchev–Trinajstić information content (AvgIpc) is 3.35. The summed E-state index contributed by atoms with van der Waals surface area (Å²) in [6.07, 6.45) is 11.6. The van der Waals surface area contributed by atoms with Crippen LogP contribution in [-0.2, 0) is 19.0 Å². The van der Waals surface area contributed by atoms with E-state index in [2.05, 4.69) is 13.0 Å². The Bertz CT molecular complexity index is 758. The van der Waals surface area contributed by atoms with Crippen LogP contribution < -0.4 is 0 Å². The van der Waals surface area contributed by atoms with E-state index in [9.17, 15) is 4.79 Å². The predicted molar refractivity (Wildman–Crippen MR) is 100 cm³/mol. The molecule has 6 aliphatic rings. The summed E-state index contributed by atoms with van der Waals surface area (Å²) in [6.45, 7) is 4.45. The van der Waals surface area contributed by atoms with Crippen LogP contribution in [0.1, 0.15) is 64.7 Å². The highest BCUT2D eigenvalue weighted by Crippen LogP contribution is 2.65. The van der Waals surface area contributed by atoms with Gasteiger partial charge in [-0.15, -0.1) is 0 Å². The molecule has 2 spiro atoms. The van der Waals surface area contributed by atoms with Crippen molar-refractivity contribution in [2.45, 2.75) is 76.1 Å². The third-order valence-electron chi connectivity index (χ3n) is 8.89. The maximum atomic E-state index is 12.8. The zero-order chi connectivity index (χ0) is 18.3. The summed E-state index contributed by atoms with van der Waals surface area (Å²) in [4.78, 5) is 12.8. The van der Waals surface area contributed by atoms with Gasteiger partial charge in [0.05, 0.1) is 19.8 Å². The topological polar surface area (TPSA) is 44.8 Å². The van der Waals surface area contributed by atoms with Gasteiger partial charge in [0.2, 0.25) is 0 Å². The van der Waals surface area contributed by atoms with Crippen LogP contribution >= 0.6 is 0 Å². The maximum Gasteiger partial charge on any atom is 0.172 e. The van der Waals surface area contributed by atoms with Crippen LogP contribution in [0.4, 0.5) is 0 Å². The van der Waals surface area contributed by atoms with Crippen LogP contribution in [0.3, 0.4) is 0 Å². The van der Waals surface area contributed by atoms with Crippen LogP contribution in [0, 0.1) is 17.3 Å². The number of hydrogen-bond acceptors (Lipinski definition) is 4. The van der Waals surface area contributed by atoms with Gasteiger partial charge in [-0.1, -0.05) is 18.6 Å². The van der Waals surface area contributed by atoms with Crippen LogP contribution in [0.25, 0.3) is 0 Å². The second-order valence-electron chi connectivity index (χ2n) is 9.79. The molecular formula is C23H30O4. The van der Waals surface area contributed by atoms with E-state index in [1.54, 1.807) is 16.7 Å². The first-order valence-corrected chi connectivity index (χ1v) is 10.9. The largest absolute Gasteiger partial charge is 0.366 e. The highest BCUT2D eigenvalue weighted by atomic mass is 16.7. The minimum atomic E-state index is -0.490. The van der Waals surface area contributed by atoms with Gasteiger partial charge in [-0.05, 0) is 61.5 Å². The molecule has 4 nitrogen and oxygen atoms in total. The first-order chi connectivity index (χ1) is 13.1. The number of allylic oxidation sites excluding steroid dienone is 3. The van der Waals surface area contributed by atoms with Crippen molar-refractivity contribution >= 4 is 5.78 Å². The molecule has 3 fully saturated rings.